The van der Waals surface area contributed by atoms with E-state index >= 15 is 0 Å². The van der Waals surface area contributed by atoms with Crippen molar-refractivity contribution in [3.8, 4) is 5.75 Å². The van der Waals surface area contributed by atoms with Gasteiger partial charge < -0.3 is 15.8 Å². The lowest BCUT2D eigenvalue weighted by Crippen LogP contribution is -2.42. The van der Waals surface area contributed by atoms with Crippen molar-refractivity contribution < 1.29 is 9.53 Å². The van der Waals surface area contributed by atoms with Gasteiger partial charge in [0.25, 0.3) is 5.91 Å². The quantitative estimate of drug-likeness (QED) is 0.893. The summed E-state index contributed by atoms with van der Waals surface area (Å²) in [4.78, 5) is 16.0. The maximum absolute atomic E-state index is 11.9. The molecule has 1 aliphatic heterocycles. The van der Waals surface area contributed by atoms with Crippen LogP contribution in [0.4, 0.5) is 5.82 Å². The summed E-state index contributed by atoms with van der Waals surface area (Å²) in [7, 11) is 0. The maximum Gasteiger partial charge on any atom is 0.266 e. The Morgan fingerprint density at radius 3 is 3.00 bits per heavy atom. The fraction of sp³-hybridized carbons (Fsp3) is 0.500. The van der Waals surface area contributed by atoms with E-state index in [1.807, 2.05) is 13.8 Å². The van der Waals surface area contributed by atoms with E-state index in [1.54, 1.807) is 12.3 Å². The average molecular weight is 314 g/mol. The molecule has 0 aromatic carbocycles. The minimum Gasteiger partial charge on any atom is -0.477 e. The Morgan fingerprint density at radius 1 is 1.61 bits per heavy atom. The summed E-state index contributed by atoms with van der Waals surface area (Å²) in [6.07, 6.45) is 1.67. The number of pyridine rings is 1. The summed E-state index contributed by atoms with van der Waals surface area (Å²) in [6.45, 7) is 4.53. The average Bonchev–Trinajstić information content (AvgIpc) is 2.30. The number of hydrogen-bond acceptors (Lipinski definition) is 4. The molecule has 0 fully saturated rings. The van der Waals surface area contributed by atoms with Crippen LogP contribution < -0.4 is 15.8 Å². The number of fused-ring (bicyclic) bond motifs is 1. The number of hydrogen-bond donors (Lipinski definition) is 2. The molecule has 18 heavy (non-hydrogen) atoms. The Hall–Kier alpha value is -1.14. The molecule has 5 nitrogen and oxygen atoms in total. The number of anilines is 1. The van der Waals surface area contributed by atoms with E-state index in [0.29, 0.717) is 24.5 Å². The lowest BCUT2D eigenvalue weighted by molar-refractivity contribution is -0.124. The van der Waals surface area contributed by atoms with Crippen LogP contribution in [0.5, 0.6) is 5.75 Å². The van der Waals surface area contributed by atoms with Crippen molar-refractivity contribution >= 4 is 27.7 Å². The molecule has 6 heteroatoms. The highest BCUT2D eigenvalue weighted by Crippen LogP contribution is 2.33. The van der Waals surface area contributed by atoms with Crippen molar-refractivity contribution in [3.63, 3.8) is 0 Å². The van der Waals surface area contributed by atoms with Gasteiger partial charge in [-0.15, -0.1) is 0 Å². The first-order valence-corrected chi connectivity index (χ1v) is 6.54. The van der Waals surface area contributed by atoms with Gasteiger partial charge in [-0.25, -0.2) is 4.98 Å². The Kier molecular flexibility index (Phi) is 3.59. The topological polar surface area (TPSA) is 77.2 Å². The number of aromatic nitrogens is 1. The molecule has 3 N–H and O–H groups in total. The normalized spacial score (nSPS) is 18.9. The zero-order chi connectivity index (χ0) is 13.3. The molecule has 0 spiro atoms. The number of nitrogens with two attached hydrogens (primary N) is 1. The molecule has 98 valence electrons. The summed E-state index contributed by atoms with van der Waals surface area (Å²) < 4.78 is 6.52. The molecular formula is C12H16BrN3O2. The van der Waals surface area contributed by atoms with E-state index in [-0.39, 0.29) is 11.3 Å². The number of amides is 1. The zero-order valence-electron chi connectivity index (χ0n) is 10.4. The van der Waals surface area contributed by atoms with Crippen LogP contribution >= 0.6 is 15.9 Å². The van der Waals surface area contributed by atoms with Crippen LogP contribution in [0.1, 0.15) is 20.3 Å². The van der Waals surface area contributed by atoms with Crippen molar-refractivity contribution in [2.24, 2.45) is 11.1 Å². The molecule has 0 saturated heterocycles. The first-order valence-electron chi connectivity index (χ1n) is 5.74. The monoisotopic (exact) mass is 313 g/mol. The number of carbonyl (C=O) groups excluding carboxylic acids is 1. The first-order chi connectivity index (χ1) is 8.41. The summed E-state index contributed by atoms with van der Waals surface area (Å²) in [5.41, 5.74) is 5.54. The van der Waals surface area contributed by atoms with Gasteiger partial charge in [-0.2, -0.15) is 0 Å². The van der Waals surface area contributed by atoms with Crippen LogP contribution in [0.25, 0.3) is 0 Å². The van der Waals surface area contributed by atoms with Gasteiger partial charge in [-0.1, -0.05) is 13.8 Å². The third kappa shape index (κ3) is 2.81. The van der Waals surface area contributed by atoms with E-state index in [4.69, 9.17) is 10.5 Å². The summed E-state index contributed by atoms with van der Waals surface area (Å²) in [5, 5.41) is 2.75. The Balaban J connectivity index is 2.19. The van der Waals surface area contributed by atoms with Gasteiger partial charge in [0, 0.05) is 10.7 Å². The van der Waals surface area contributed by atoms with Crippen LogP contribution in [-0.2, 0) is 4.79 Å². The Labute approximate surface area is 114 Å². The predicted octanol–water partition coefficient (Wildman–Crippen LogP) is 1.92. The lowest BCUT2D eigenvalue weighted by atomic mass is 9.86. The van der Waals surface area contributed by atoms with Crippen molar-refractivity contribution in [2.45, 2.75) is 26.4 Å². The number of ether oxygens (including phenoxy) is 1. The van der Waals surface area contributed by atoms with Crippen molar-refractivity contribution in [1.82, 2.24) is 4.98 Å². The van der Waals surface area contributed by atoms with Crippen LogP contribution in [-0.4, -0.2) is 23.5 Å². The molecule has 0 aliphatic carbocycles. The second kappa shape index (κ2) is 4.85. The Morgan fingerprint density at radius 2 is 2.33 bits per heavy atom. The van der Waals surface area contributed by atoms with Gasteiger partial charge in [-0.05, 0) is 40.4 Å². The standard InChI is InChI=1S/C12H16BrN3O2/c1-12(2,6-14)4-9-11(17)16-10-8(18-9)3-7(13)5-15-10/h3,5,9H,4,6,14H2,1-2H3,(H,15,16,17). The fourth-order valence-electron chi connectivity index (χ4n) is 1.73. The smallest absolute Gasteiger partial charge is 0.266 e. The number of halogens is 1. The molecule has 1 amide bonds. The van der Waals surface area contributed by atoms with E-state index in [9.17, 15) is 4.79 Å². The predicted molar refractivity (Wildman–Crippen MR) is 72.4 cm³/mol. The van der Waals surface area contributed by atoms with Gasteiger partial charge in [0.05, 0.1) is 0 Å². The molecule has 1 unspecified atom stereocenters. The van der Waals surface area contributed by atoms with Gasteiger partial charge in [0.15, 0.2) is 17.7 Å². The minimum atomic E-state index is -0.521. The lowest BCUT2D eigenvalue weighted by Gasteiger charge is -2.31. The highest BCUT2D eigenvalue weighted by molar-refractivity contribution is 9.10. The van der Waals surface area contributed by atoms with Crippen LogP contribution in [0, 0.1) is 5.41 Å². The molecule has 0 saturated carbocycles. The van der Waals surface area contributed by atoms with Crippen LogP contribution in [0.15, 0.2) is 16.7 Å². The van der Waals surface area contributed by atoms with Crippen LogP contribution in [0.3, 0.4) is 0 Å². The number of nitrogens with zero attached hydrogens (tertiary/aromatic N) is 1. The van der Waals surface area contributed by atoms with Gasteiger partial charge in [0.2, 0.25) is 0 Å². The largest absolute Gasteiger partial charge is 0.477 e. The van der Waals surface area contributed by atoms with Crippen molar-refractivity contribution in [2.75, 3.05) is 11.9 Å². The summed E-state index contributed by atoms with van der Waals surface area (Å²) in [6, 6.07) is 1.80. The van der Waals surface area contributed by atoms with E-state index in [1.165, 1.54) is 0 Å². The third-order valence-electron chi connectivity index (χ3n) is 2.91. The number of carbonyl (C=O) groups is 1. The first kappa shape index (κ1) is 13.3. The highest BCUT2D eigenvalue weighted by atomic mass is 79.9. The molecule has 1 aromatic heterocycles. The van der Waals surface area contributed by atoms with Gasteiger partial charge in [-0.3, -0.25) is 4.79 Å². The maximum atomic E-state index is 11.9. The molecule has 0 bridgehead atoms. The molecular weight excluding hydrogens is 298 g/mol. The zero-order valence-corrected chi connectivity index (χ0v) is 12.0. The SMILES string of the molecule is CC(C)(CN)CC1Oc2cc(Br)cnc2NC1=O. The summed E-state index contributed by atoms with van der Waals surface area (Å²) >= 11 is 3.33. The minimum absolute atomic E-state index is 0.140. The molecule has 1 aliphatic rings. The Bertz CT molecular complexity index is 476. The van der Waals surface area contributed by atoms with Gasteiger partial charge in [0.1, 0.15) is 0 Å². The molecule has 1 aromatic rings. The van der Waals surface area contributed by atoms with Crippen molar-refractivity contribution in [3.05, 3.63) is 16.7 Å². The molecule has 1 atom stereocenters. The highest BCUT2D eigenvalue weighted by Gasteiger charge is 2.33. The second-order valence-corrected chi connectivity index (χ2v) is 6.08. The van der Waals surface area contributed by atoms with E-state index in [0.717, 1.165) is 4.47 Å². The van der Waals surface area contributed by atoms with E-state index in [2.05, 4.69) is 26.2 Å². The molecule has 2 rings (SSSR count). The molecule has 2 heterocycles. The third-order valence-corrected chi connectivity index (χ3v) is 3.35. The molecule has 0 radical (unpaired) electrons. The van der Waals surface area contributed by atoms with Crippen LogP contribution in [0.2, 0.25) is 0 Å². The van der Waals surface area contributed by atoms with E-state index < -0.39 is 6.10 Å². The second-order valence-electron chi connectivity index (χ2n) is 5.17. The fourth-order valence-corrected chi connectivity index (χ4v) is 2.04. The van der Waals surface area contributed by atoms with Crippen molar-refractivity contribution in [1.29, 1.82) is 0 Å². The summed E-state index contributed by atoms with van der Waals surface area (Å²) in [5.74, 6) is 0.880. The number of rotatable bonds is 3. The number of nitrogens with one attached hydrogen (secondary N) is 1. The van der Waals surface area contributed by atoms with Gasteiger partial charge >= 0.3 is 0 Å².